The molecular weight excluding hydrogens is 139 g/mol. The van der Waals surface area contributed by atoms with Gasteiger partial charge in [-0.15, -0.1) is 0 Å². The van der Waals surface area contributed by atoms with Gasteiger partial charge in [-0.2, -0.15) is 0 Å². The van der Waals surface area contributed by atoms with Crippen LogP contribution < -0.4 is 0 Å². The van der Waals surface area contributed by atoms with E-state index in [-0.39, 0.29) is 0 Å². The van der Waals surface area contributed by atoms with Crippen molar-refractivity contribution in [2.24, 2.45) is 0 Å². The third-order valence-electron chi connectivity index (χ3n) is 0. The molecule has 0 bridgehead atoms. The molecule has 0 fully saturated rings. The average Bonchev–Trinajstić information content (AvgIpc) is 0.811. The summed E-state index contributed by atoms with van der Waals surface area (Å²) in [6.45, 7) is 0. The first-order valence-electron chi connectivity index (χ1n) is 0.537. The van der Waals surface area contributed by atoms with Crippen LogP contribution in [0.5, 0.6) is 0 Å². The van der Waals surface area contributed by atoms with Crippen LogP contribution in [-0.4, -0.2) is 23.6 Å². The number of rotatable bonds is 0. The first-order valence-corrected chi connectivity index (χ1v) is 4.18. The van der Waals surface area contributed by atoms with Gasteiger partial charge in [0.05, 0.1) is 0 Å². The summed E-state index contributed by atoms with van der Waals surface area (Å²) in [6.07, 6.45) is 0. The Morgan fingerprint density at radius 3 is 1.50 bits per heavy atom. The molecule has 0 rings (SSSR count). The van der Waals surface area contributed by atoms with E-state index in [1.54, 1.807) is 0 Å². The molecule has 0 saturated heterocycles. The standard InChI is InChI=1S/AsHO2S/c1-4(2)3/h1H. The van der Waals surface area contributed by atoms with Gasteiger partial charge < -0.3 is 0 Å². The maximum atomic E-state index is 9.00. The van der Waals surface area contributed by atoms with Crippen LogP contribution in [0.1, 0.15) is 0 Å². The van der Waals surface area contributed by atoms with Gasteiger partial charge in [-0.25, -0.2) is 0 Å². The van der Waals surface area contributed by atoms with Crippen molar-refractivity contribution < 1.29 is 8.42 Å². The molecule has 0 unspecified atom stereocenters. The van der Waals surface area contributed by atoms with Gasteiger partial charge in [0, 0.05) is 0 Å². The molecule has 0 aromatic heterocycles. The van der Waals surface area contributed by atoms with Gasteiger partial charge in [0.1, 0.15) is 0 Å². The Morgan fingerprint density at radius 1 is 1.50 bits per heavy atom. The summed E-state index contributed by atoms with van der Waals surface area (Å²) >= 11 is 1.08. The van der Waals surface area contributed by atoms with Crippen molar-refractivity contribution in [3.63, 3.8) is 0 Å². The fourth-order valence-corrected chi connectivity index (χ4v) is 0. The summed E-state index contributed by atoms with van der Waals surface area (Å²) in [5, 5.41) is 0. The molecule has 0 aliphatic carbocycles. The second kappa shape index (κ2) is 1.67. The summed E-state index contributed by atoms with van der Waals surface area (Å²) in [6, 6.07) is 0. The van der Waals surface area contributed by atoms with E-state index in [4.69, 9.17) is 8.42 Å². The summed E-state index contributed by atoms with van der Waals surface area (Å²) in [5.41, 5.74) is 0. The summed E-state index contributed by atoms with van der Waals surface area (Å²) in [7, 11) is -1.86. The molecule has 0 N–H and O–H groups in total. The molecule has 4 heavy (non-hydrogen) atoms. The molecule has 0 saturated carbocycles. The zero-order valence-electron chi connectivity index (χ0n) is 1.72. The van der Waals surface area contributed by atoms with Crippen LogP contribution in [0.15, 0.2) is 0 Å². The Kier molecular flexibility index (Phi) is 1.83. The molecule has 4 heteroatoms. The Balaban J connectivity index is 4.65. The minimum atomic E-state index is -1.86. The van der Waals surface area contributed by atoms with E-state index in [1.165, 1.54) is 0 Å². The quantitative estimate of drug-likeness (QED) is 0.391. The van der Waals surface area contributed by atoms with E-state index < -0.39 is 8.47 Å². The molecule has 0 spiro atoms. The molecule has 2 nitrogen and oxygen atoms in total. The van der Waals surface area contributed by atoms with Crippen molar-refractivity contribution in [1.29, 1.82) is 0 Å². The molecule has 0 heterocycles. The second-order valence-electron chi connectivity index (χ2n) is 0.235. The average molecular weight is 140 g/mol. The molecular formula is HAsO2S. The molecule has 0 atom stereocenters. The van der Waals surface area contributed by atoms with Crippen molar-refractivity contribution >= 4 is 23.6 Å². The predicted molar refractivity (Wildman–Crippen MR) is 16.1 cm³/mol. The maximum absolute atomic E-state index is 9.00. The molecule has 24 valence electrons. The van der Waals surface area contributed by atoms with Gasteiger partial charge >= 0.3 is 32.1 Å². The van der Waals surface area contributed by atoms with Gasteiger partial charge in [-0.05, 0) is 0 Å². The molecule has 0 aliphatic rings. The fourth-order valence-electron chi connectivity index (χ4n) is 0. The monoisotopic (exact) mass is 140 g/mol. The first-order chi connectivity index (χ1) is 1.73. The molecule has 0 aromatic carbocycles. The Morgan fingerprint density at radius 2 is 1.50 bits per heavy atom. The zero-order valence-corrected chi connectivity index (χ0v) is 4.64. The van der Waals surface area contributed by atoms with Crippen molar-refractivity contribution in [1.82, 2.24) is 0 Å². The van der Waals surface area contributed by atoms with E-state index >= 15 is 0 Å². The van der Waals surface area contributed by atoms with Crippen molar-refractivity contribution in [3.05, 3.63) is 0 Å². The first kappa shape index (κ1) is 4.38. The predicted octanol–water partition coefficient (Wildman–Crippen LogP) is -1.32. The van der Waals surface area contributed by atoms with E-state index in [0.717, 1.165) is 15.2 Å². The van der Waals surface area contributed by atoms with Crippen LogP contribution >= 0.6 is 0 Å². The number of hydrogen-bond donors (Lipinski definition) is 0. The fraction of sp³-hybridized carbons (Fsp3) is 0. The van der Waals surface area contributed by atoms with E-state index in [0.29, 0.717) is 0 Å². The topological polar surface area (TPSA) is 34.1 Å². The van der Waals surface area contributed by atoms with E-state index in [1.807, 2.05) is 0 Å². The summed E-state index contributed by atoms with van der Waals surface area (Å²) in [5.74, 6) is 0. The van der Waals surface area contributed by atoms with Crippen LogP contribution in [0.25, 0.3) is 0 Å². The normalized spacial score (nSPS) is 6.00. The Bertz CT molecular complexity index is 75.4. The van der Waals surface area contributed by atoms with Crippen LogP contribution in [0, 0.1) is 0 Å². The van der Waals surface area contributed by atoms with Crippen LogP contribution in [-0.2, 0) is 8.47 Å². The molecule has 0 amide bonds. The van der Waals surface area contributed by atoms with Crippen LogP contribution in [0.2, 0.25) is 0 Å². The third-order valence-corrected chi connectivity index (χ3v) is 0. The van der Waals surface area contributed by atoms with Crippen LogP contribution in [0.4, 0.5) is 0 Å². The van der Waals surface area contributed by atoms with Gasteiger partial charge in [0.25, 0.3) is 0 Å². The van der Waals surface area contributed by atoms with Gasteiger partial charge in [-0.3, -0.25) is 0 Å². The molecule has 0 aromatic rings. The third kappa shape index (κ3) is 31.6. The minimum absolute atomic E-state index is 1.08. The summed E-state index contributed by atoms with van der Waals surface area (Å²) < 4.78 is 18.0. The van der Waals surface area contributed by atoms with Crippen molar-refractivity contribution in [3.8, 4) is 0 Å². The van der Waals surface area contributed by atoms with Gasteiger partial charge in [0.15, 0.2) is 0 Å². The molecule has 0 aliphatic heterocycles. The summed E-state index contributed by atoms with van der Waals surface area (Å²) in [4.78, 5) is 0. The van der Waals surface area contributed by atoms with Crippen molar-refractivity contribution in [2.75, 3.05) is 0 Å². The van der Waals surface area contributed by atoms with Crippen LogP contribution in [0.3, 0.4) is 0 Å². The van der Waals surface area contributed by atoms with Crippen molar-refractivity contribution in [2.45, 2.75) is 0 Å². The van der Waals surface area contributed by atoms with E-state index in [9.17, 15) is 0 Å². The SMILES string of the molecule is O=S(=O)=[AsH]. The molecule has 0 radical (unpaired) electrons. The van der Waals surface area contributed by atoms with E-state index in [2.05, 4.69) is 0 Å². The number of hydrogen-bond acceptors (Lipinski definition) is 2. The second-order valence-corrected chi connectivity index (χ2v) is 2.80. The van der Waals surface area contributed by atoms with Gasteiger partial charge in [0.2, 0.25) is 0 Å². The zero-order chi connectivity index (χ0) is 3.58. The Labute approximate surface area is 32.6 Å². The Hall–Kier alpha value is 0.378. The van der Waals surface area contributed by atoms with Gasteiger partial charge in [-0.1, -0.05) is 0 Å².